The summed E-state index contributed by atoms with van der Waals surface area (Å²) in [6.45, 7) is 3.80. The molecule has 1 aromatic carbocycles. The van der Waals surface area contributed by atoms with Crippen molar-refractivity contribution >= 4 is 17.4 Å². The van der Waals surface area contributed by atoms with Gasteiger partial charge in [0, 0.05) is 11.3 Å². The molecule has 6 heteroatoms. The highest BCUT2D eigenvalue weighted by Crippen LogP contribution is 2.12. The lowest BCUT2D eigenvalue weighted by atomic mass is 10.1. The second-order valence-electron chi connectivity index (χ2n) is 4.64. The van der Waals surface area contributed by atoms with Crippen LogP contribution in [0.2, 0.25) is 0 Å². The van der Waals surface area contributed by atoms with E-state index in [1.54, 1.807) is 35.3 Å². The van der Waals surface area contributed by atoms with Gasteiger partial charge in [-0.15, -0.1) is 0 Å². The van der Waals surface area contributed by atoms with Crippen LogP contribution in [0.3, 0.4) is 0 Å². The Morgan fingerprint density at radius 1 is 1.30 bits per heavy atom. The molecule has 1 atom stereocenters. The number of hydrogen-bond acceptors (Lipinski definition) is 4. The van der Waals surface area contributed by atoms with Gasteiger partial charge in [-0.05, 0) is 31.2 Å². The molecule has 20 heavy (non-hydrogen) atoms. The molecule has 1 N–H and O–H groups in total. The zero-order valence-electron chi connectivity index (χ0n) is 11.4. The number of carbonyl (C=O) groups excluding carboxylic acids is 2. The van der Waals surface area contributed by atoms with Crippen molar-refractivity contribution in [2.45, 2.75) is 20.4 Å². The van der Waals surface area contributed by atoms with E-state index in [1.807, 2.05) is 6.92 Å². The fourth-order valence-corrected chi connectivity index (χ4v) is 1.74. The number of benzene rings is 1. The van der Waals surface area contributed by atoms with E-state index in [-0.39, 0.29) is 17.6 Å². The van der Waals surface area contributed by atoms with Gasteiger partial charge in [-0.3, -0.25) is 14.3 Å². The molecule has 0 bridgehead atoms. The number of anilines is 1. The van der Waals surface area contributed by atoms with E-state index in [1.165, 1.54) is 13.3 Å². The van der Waals surface area contributed by atoms with E-state index in [4.69, 9.17) is 0 Å². The molecule has 0 fully saturated rings. The molecule has 0 aliphatic carbocycles. The molecular formula is C14H16N4O2. The maximum absolute atomic E-state index is 12.0. The van der Waals surface area contributed by atoms with Crippen LogP contribution in [0.5, 0.6) is 0 Å². The maximum atomic E-state index is 12.0. The van der Waals surface area contributed by atoms with Crippen LogP contribution < -0.4 is 5.32 Å². The molecule has 2 rings (SSSR count). The molecule has 1 heterocycles. The summed E-state index contributed by atoms with van der Waals surface area (Å²) in [4.78, 5) is 27.0. The first kappa shape index (κ1) is 13.9. The molecule has 0 aliphatic rings. The van der Waals surface area contributed by atoms with Crippen molar-refractivity contribution in [2.24, 2.45) is 5.92 Å². The Labute approximate surface area is 116 Å². The summed E-state index contributed by atoms with van der Waals surface area (Å²) in [7, 11) is 0. The largest absolute Gasteiger partial charge is 0.326 e. The van der Waals surface area contributed by atoms with Crippen LogP contribution in [0.4, 0.5) is 5.69 Å². The molecular weight excluding hydrogens is 256 g/mol. The molecule has 1 amide bonds. The molecule has 0 saturated carbocycles. The Morgan fingerprint density at radius 3 is 2.55 bits per heavy atom. The zero-order valence-corrected chi connectivity index (χ0v) is 11.4. The third kappa shape index (κ3) is 3.50. The molecule has 0 aliphatic heterocycles. The molecule has 0 radical (unpaired) electrons. The van der Waals surface area contributed by atoms with Crippen molar-refractivity contribution in [3.63, 3.8) is 0 Å². The van der Waals surface area contributed by atoms with Gasteiger partial charge in [0.2, 0.25) is 5.91 Å². The first-order valence-corrected chi connectivity index (χ1v) is 6.30. The first-order valence-electron chi connectivity index (χ1n) is 6.30. The van der Waals surface area contributed by atoms with Gasteiger partial charge >= 0.3 is 0 Å². The average Bonchev–Trinajstić information content (AvgIpc) is 2.92. The van der Waals surface area contributed by atoms with Crippen LogP contribution in [-0.2, 0) is 11.3 Å². The zero-order chi connectivity index (χ0) is 14.5. The Bertz CT molecular complexity index is 590. The summed E-state index contributed by atoms with van der Waals surface area (Å²) in [6, 6.07) is 6.83. The minimum absolute atomic E-state index is 0.00225. The summed E-state index contributed by atoms with van der Waals surface area (Å²) in [5, 5.41) is 6.77. The SMILES string of the molecule is CC(=O)c1ccc(NC(=O)C(C)Cn2cncn2)cc1. The van der Waals surface area contributed by atoms with Crippen molar-refractivity contribution in [1.29, 1.82) is 0 Å². The Hall–Kier alpha value is -2.50. The van der Waals surface area contributed by atoms with Gasteiger partial charge in [-0.25, -0.2) is 4.98 Å². The highest BCUT2D eigenvalue weighted by atomic mass is 16.2. The van der Waals surface area contributed by atoms with Gasteiger partial charge in [-0.1, -0.05) is 6.92 Å². The van der Waals surface area contributed by atoms with Crippen molar-refractivity contribution in [2.75, 3.05) is 5.32 Å². The van der Waals surface area contributed by atoms with Gasteiger partial charge in [0.15, 0.2) is 5.78 Å². The van der Waals surface area contributed by atoms with Crippen LogP contribution in [0.15, 0.2) is 36.9 Å². The second-order valence-corrected chi connectivity index (χ2v) is 4.64. The van der Waals surface area contributed by atoms with E-state index >= 15 is 0 Å². The predicted molar refractivity (Wildman–Crippen MR) is 74.3 cm³/mol. The predicted octanol–water partition coefficient (Wildman–Crippen LogP) is 1.76. The van der Waals surface area contributed by atoms with Crippen LogP contribution in [0.25, 0.3) is 0 Å². The van der Waals surface area contributed by atoms with Crippen LogP contribution in [0, 0.1) is 5.92 Å². The number of nitrogens with zero attached hydrogens (tertiary/aromatic N) is 3. The summed E-state index contributed by atoms with van der Waals surface area (Å²) in [5.41, 5.74) is 1.30. The van der Waals surface area contributed by atoms with E-state index in [0.717, 1.165) is 0 Å². The monoisotopic (exact) mass is 272 g/mol. The third-order valence-corrected chi connectivity index (χ3v) is 2.93. The molecule has 6 nitrogen and oxygen atoms in total. The molecule has 1 unspecified atom stereocenters. The topological polar surface area (TPSA) is 76.9 Å². The lowest BCUT2D eigenvalue weighted by Crippen LogP contribution is -2.24. The van der Waals surface area contributed by atoms with Gasteiger partial charge in [0.1, 0.15) is 12.7 Å². The summed E-state index contributed by atoms with van der Waals surface area (Å²) in [5.74, 6) is -0.331. The van der Waals surface area contributed by atoms with Crippen LogP contribution in [0.1, 0.15) is 24.2 Å². The minimum atomic E-state index is -0.232. The van der Waals surface area contributed by atoms with Crippen LogP contribution >= 0.6 is 0 Å². The Morgan fingerprint density at radius 2 is 2.00 bits per heavy atom. The average molecular weight is 272 g/mol. The standard InChI is InChI=1S/C14H16N4O2/c1-10(7-18-9-15-8-16-18)14(20)17-13-5-3-12(4-6-13)11(2)19/h3-6,8-10H,7H2,1-2H3,(H,17,20). The number of rotatable bonds is 5. The quantitative estimate of drug-likeness (QED) is 0.841. The summed E-state index contributed by atoms with van der Waals surface area (Å²) in [6.07, 6.45) is 3.01. The van der Waals surface area contributed by atoms with Crippen molar-refractivity contribution < 1.29 is 9.59 Å². The van der Waals surface area contributed by atoms with Crippen molar-refractivity contribution in [1.82, 2.24) is 14.8 Å². The third-order valence-electron chi connectivity index (χ3n) is 2.93. The minimum Gasteiger partial charge on any atom is -0.326 e. The van der Waals surface area contributed by atoms with Crippen LogP contribution in [-0.4, -0.2) is 26.5 Å². The number of hydrogen-bond donors (Lipinski definition) is 1. The highest BCUT2D eigenvalue weighted by Gasteiger charge is 2.14. The van der Waals surface area contributed by atoms with Gasteiger partial charge in [-0.2, -0.15) is 5.10 Å². The fourth-order valence-electron chi connectivity index (χ4n) is 1.74. The van der Waals surface area contributed by atoms with Gasteiger partial charge < -0.3 is 5.32 Å². The molecule has 1 aromatic heterocycles. The number of carbonyl (C=O) groups is 2. The Kier molecular flexibility index (Phi) is 4.24. The smallest absolute Gasteiger partial charge is 0.229 e. The van der Waals surface area contributed by atoms with Gasteiger partial charge in [0.25, 0.3) is 0 Å². The normalized spacial score (nSPS) is 11.9. The molecule has 104 valence electrons. The van der Waals surface area contributed by atoms with E-state index < -0.39 is 0 Å². The number of ketones is 1. The second kappa shape index (κ2) is 6.10. The summed E-state index contributed by atoms with van der Waals surface area (Å²) < 4.78 is 1.61. The number of nitrogens with one attached hydrogen (secondary N) is 1. The molecule has 0 spiro atoms. The highest BCUT2D eigenvalue weighted by molar-refractivity contribution is 5.96. The Balaban J connectivity index is 1.95. The number of amides is 1. The maximum Gasteiger partial charge on any atom is 0.229 e. The first-order chi connectivity index (χ1) is 9.56. The van der Waals surface area contributed by atoms with E-state index in [2.05, 4.69) is 15.4 Å². The fraction of sp³-hybridized carbons (Fsp3) is 0.286. The molecule has 2 aromatic rings. The molecule has 0 saturated heterocycles. The lowest BCUT2D eigenvalue weighted by Gasteiger charge is -2.12. The van der Waals surface area contributed by atoms with E-state index in [0.29, 0.717) is 17.8 Å². The van der Waals surface area contributed by atoms with Crippen molar-refractivity contribution in [3.8, 4) is 0 Å². The lowest BCUT2D eigenvalue weighted by molar-refractivity contribution is -0.119. The van der Waals surface area contributed by atoms with Crippen molar-refractivity contribution in [3.05, 3.63) is 42.5 Å². The number of Topliss-reactive ketones (excluding diaryl/α,β-unsaturated/α-hetero) is 1. The van der Waals surface area contributed by atoms with Gasteiger partial charge in [0.05, 0.1) is 12.5 Å². The number of aromatic nitrogens is 3. The van der Waals surface area contributed by atoms with E-state index in [9.17, 15) is 9.59 Å². The summed E-state index contributed by atoms with van der Waals surface area (Å²) >= 11 is 0.